The van der Waals surface area contributed by atoms with Gasteiger partial charge in [0.1, 0.15) is 5.75 Å². The fourth-order valence-electron chi connectivity index (χ4n) is 1.86. The topological polar surface area (TPSA) is 9.23 Å². The first-order valence-corrected chi connectivity index (χ1v) is 11.6. The summed E-state index contributed by atoms with van der Waals surface area (Å²) in [6.07, 6.45) is 4.25. The first kappa shape index (κ1) is 18.0. The summed E-state index contributed by atoms with van der Waals surface area (Å²) in [4.78, 5) is 0. The van der Waals surface area contributed by atoms with Gasteiger partial charge in [-0.25, -0.2) is 0 Å². The zero-order valence-corrected chi connectivity index (χ0v) is 17.1. The number of hydrogen-bond donors (Lipinski definition) is 0. The van der Waals surface area contributed by atoms with Crippen LogP contribution < -0.4 is 4.43 Å². The van der Waals surface area contributed by atoms with Gasteiger partial charge in [0, 0.05) is 4.47 Å². The molecule has 0 fully saturated rings. The lowest BCUT2D eigenvalue weighted by atomic mass is 10.1. The number of halogens is 1. The van der Waals surface area contributed by atoms with E-state index in [1.54, 1.807) is 0 Å². The average molecular weight is 389 g/mol. The van der Waals surface area contributed by atoms with Crippen LogP contribution in [-0.4, -0.2) is 8.32 Å². The first-order chi connectivity index (χ1) is 10.7. The molecule has 2 rings (SSSR count). The maximum atomic E-state index is 6.31. The lowest BCUT2D eigenvalue weighted by Crippen LogP contribution is -2.43. The third kappa shape index (κ3) is 5.08. The van der Waals surface area contributed by atoms with Crippen molar-refractivity contribution in [3.8, 4) is 5.75 Å². The molecule has 0 radical (unpaired) electrons. The van der Waals surface area contributed by atoms with Gasteiger partial charge in [0.15, 0.2) is 0 Å². The highest BCUT2D eigenvalue weighted by molar-refractivity contribution is 9.10. The quantitative estimate of drug-likeness (QED) is 0.404. The zero-order chi connectivity index (χ0) is 17.1. The Morgan fingerprint density at radius 1 is 0.826 bits per heavy atom. The summed E-state index contributed by atoms with van der Waals surface area (Å²) in [7, 11) is -1.76. The number of hydrogen-bond acceptors (Lipinski definition) is 1. The molecule has 0 heterocycles. The minimum atomic E-state index is -1.76. The molecule has 0 spiro atoms. The Kier molecular flexibility index (Phi) is 5.53. The molecule has 0 saturated heterocycles. The van der Waals surface area contributed by atoms with Gasteiger partial charge in [-0.15, -0.1) is 0 Å². The summed E-state index contributed by atoms with van der Waals surface area (Å²) in [6, 6.07) is 16.6. The zero-order valence-electron chi connectivity index (χ0n) is 14.6. The molecule has 122 valence electrons. The van der Waals surface area contributed by atoms with Crippen LogP contribution in [-0.2, 0) is 0 Å². The summed E-state index contributed by atoms with van der Waals surface area (Å²) in [5, 5.41) is 0.215. The highest BCUT2D eigenvalue weighted by atomic mass is 79.9. The van der Waals surface area contributed by atoms with E-state index in [0.29, 0.717) is 0 Å². The molecule has 0 N–H and O–H groups in total. The van der Waals surface area contributed by atoms with Crippen LogP contribution in [0.4, 0.5) is 0 Å². The molecule has 0 unspecified atom stereocenters. The Morgan fingerprint density at radius 3 is 1.70 bits per heavy atom. The summed E-state index contributed by atoms with van der Waals surface area (Å²) in [5.41, 5.74) is 2.37. The van der Waals surface area contributed by atoms with Crippen molar-refractivity contribution >= 4 is 36.4 Å². The van der Waals surface area contributed by atoms with E-state index < -0.39 is 8.32 Å². The minimum absolute atomic E-state index is 0.215. The highest BCUT2D eigenvalue weighted by Gasteiger charge is 2.38. The van der Waals surface area contributed by atoms with Gasteiger partial charge < -0.3 is 4.43 Å². The standard InChI is InChI=1S/C20H25BrOSi/c1-20(2,3)23(4,5)22-19-14-10-17(11-15-19)7-6-16-8-12-18(21)13-9-16/h6-15H,1-5H3. The van der Waals surface area contributed by atoms with Gasteiger partial charge in [-0.3, -0.25) is 0 Å². The minimum Gasteiger partial charge on any atom is -0.544 e. The Morgan fingerprint density at radius 2 is 1.26 bits per heavy atom. The van der Waals surface area contributed by atoms with Crippen molar-refractivity contribution in [2.45, 2.75) is 38.9 Å². The van der Waals surface area contributed by atoms with Crippen LogP contribution >= 0.6 is 15.9 Å². The Labute approximate surface area is 149 Å². The lowest BCUT2D eigenvalue weighted by Gasteiger charge is -2.36. The van der Waals surface area contributed by atoms with Crippen molar-refractivity contribution in [2.75, 3.05) is 0 Å². The molecule has 23 heavy (non-hydrogen) atoms. The van der Waals surface area contributed by atoms with Crippen LogP contribution in [0.5, 0.6) is 5.75 Å². The molecule has 0 aliphatic rings. The van der Waals surface area contributed by atoms with E-state index in [2.05, 4.69) is 110 Å². The van der Waals surface area contributed by atoms with Gasteiger partial charge >= 0.3 is 0 Å². The van der Waals surface area contributed by atoms with Crippen molar-refractivity contribution in [1.29, 1.82) is 0 Å². The Bertz CT molecular complexity index is 664. The molecular weight excluding hydrogens is 364 g/mol. The first-order valence-electron chi connectivity index (χ1n) is 7.90. The second kappa shape index (κ2) is 7.06. The molecule has 1 nitrogen and oxygen atoms in total. The van der Waals surface area contributed by atoms with Gasteiger partial charge in [-0.05, 0) is 53.5 Å². The summed E-state index contributed by atoms with van der Waals surface area (Å²) < 4.78 is 7.41. The van der Waals surface area contributed by atoms with Crippen LogP contribution in [0.2, 0.25) is 18.1 Å². The molecule has 0 aliphatic carbocycles. The second-order valence-electron chi connectivity index (χ2n) is 7.32. The van der Waals surface area contributed by atoms with E-state index in [9.17, 15) is 0 Å². The van der Waals surface area contributed by atoms with Crippen LogP contribution in [0.1, 0.15) is 31.9 Å². The fourth-order valence-corrected chi connectivity index (χ4v) is 3.16. The third-order valence-electron chi connectivity index (χ3n) is 4.40. The normalized spacial score (nSPS) is 12.6. The Hall–Kier alpha value is -1.32. The monoisotopic (exact) mass is 388 g/mol. The average Bonchev–Trinajstić information content (AvgIpc) is 2.47. The second-order valence-corrected chi connectivity index (χ2v) is 13.0. The molecule has 2 aromatic carbocycles. The van der Waals surface area contributed by atoms with Crippen molar-refractivity contribution in [3.05, 3.63) is 64.1 Å². The van der Waals surface area contributed by atoms with Crippen LogP contribution in [0.3, 0.4) is 0 Å². The molecule has 0 aromatic heterocycles. The molecule has 0 aliphatic heterocycles. The molecule has 0 amide bonds. The Balaban J connectivity index is 2.06. The number of rotatable bonds is 4. The molecule has 0 bridgehead atoms. The van der Waals surface area contributed by atoms with Gasteiger partial charge in [0.2, 0.25) is 8.32 Å². The summed E-state index contributed by atoms with van der Waals surface area (Å²) in [6.45, 7) is 11.3. The van der Waals surface area contributed by atoms with E-state index in [-0.39, 0.29) is 5.04 Å². The van der Waals surface area contributed by atoms with Crippen molar-refractivity contribution in [2.24, 2.45) is 0 Å². The summed E-state index contributed by atoms with van der Waals surface area (Å²) in [5.74, 6) is 0.970. The van der Waals surface area contributed by atoms with E-state index in [0.717, 1.165) is 10.2 Å². The van der Waals surface area contributed by atoms with Crippen molar-refractivity contribution < 1.29 is 4.43 Å². The van der Waals surface area contributed by atoms with Gasteiger partial charge in [-0.2, -0.15) is 0 Å². The summed E-state index contributed by atoms with van der Waals surface area (Å²) >= 11 is 3.45. The maximum absolute atomic E-state index is 6.31. The molecule has 3 heteroatoms. The van der Waals surface area contributed by atoms with Crippen LogP contribution in [0, 0.1) is 0 Å². The molecule has 0 atom stereocenters. The maximum Gasteiger partial charge on any atom is 0.250 e. The van der Waals surface area contributed by atoms with Gasteiger partial charge in [-0.1, -0.05) is 73.1 Å². The predicted molar refractivity (Wildman–Crippen MR) is 107 cm³/mol. The fraction of sp³-hybridized carbons (Fsp3) is 0.300. The molecule has 2 aromatic rings. The predicted octanol–water partition coefficient (Wildman–Crippen LogP) is 7.00. The van der Waals surface area contributed by atoms with E-state index >= 15 is 0 Å². The smallest absolute Gasteiger partial charge is 0.250 e. The largest absolute Gasteiger partial charge is 0.544 e. The van der Waals surface area contributed by atoms with Crippen LogP contribution in [0.15, 0.2) is 53.0 Å². The van der Waals surface area contributed by atoms with Crippen LogP contribution in [0.25, 0.3) is 12.2 Å². The SMILES string of the molecule is CC(C)(C)[Si](C)(C)Oc1ccc(C=Cc2ccc(Br)cc2)cc1. The molecular formula is C20H25BrOSi. The van der Waals surface area contributed by atoms with Crippen molar-refractivity contribution in [3.63, 3.8) is 0 Å². The third-order valence-corrected chi connectivity index (χ3v) is 9.28. The lowest BCUT2D eigenvalue weighted by molar-refractivity contribution is 0.492. The van der Waals surface area contributed by atoms with Gasteiger partial charge in [0.25, 0.3) is 0 Å². The van der Waals surface area contributed by atoms with E-state index in [4.69, 9.17) is 4.43 Å². The van der Waals surface area contributed by atoms with Gasteiger partial charge in [0.05, 0.1) is 0 Å². The number of benzene rings is 2. The molecule has 0 saturated carbocycles. The van der Waals surface area contributed by atoms with Crippen molar-refractivity contribution in [1.82, 2.24) is 0 Å². The van der Waals surface area contributed by atoms with E-state index in [1.165, 1.54) is 11.1 Å². The van der Waals surface area contributed by atoms with E-state index in [1.807, 2.05) is 0 Å². The highest BCUT2D eigenvalue weighted by Crippen LogP contribution is 2.37.